The molecule has 3 rings (SSSR count). The maximum Gasteiger partial charge on any atom is 0.220 e. The number of benzene rings is 2. The highest BCUT2D eigenvalue weighted by Gasteiger charge is 2.21. The molecule has 146 valence electrons. The SMILES string of the molecule is COc1ccc(OCCCC(=O)NC2CCCc3cc(N)ccc32)cc1.Cl. The number of nitrogens with one attached hydrogen (secondary N) is 1. The van der Waals surface area contributed by atoms with Crippen LogP contribution in [0.2, 0.25) is 0 Å². The molecule has 0 bridgehead atoms. The predicted octanol–water partition coefficient (Wildman–Crippen LogP) is 4.05. The molecule has 0 saturated heterocycles. The summed E-state index contributed by atoms with van der Waals surface area (Å²) in [5, 5.41) is 3.16. The number of aryl methyl sites for hydroxylation is 1. The van der Waals surface area contributed by atoms with E-state index in [9.17, 15) is 4.79 Å². The van der Waals surface area contributed by atoms with Crippen molar-refractivity contribution in [3.63, 3.8) is 0 Å². The van der Waals surface area contributed by atoms with Crippen molar-refractivity contribution in [3.05, 3.63) is 53.6 Å². The van der Waals surface area contributed by atoms with Gasteiger partial charge in [0, 0.05) is 12.1 Å². The highest BCUT2D eigenvalue weighted by Crippen LogP contribution is 2.31. The average Bonchev–Trinajstić information content (AvgIpc) is 2.65. The molecule has 1 aliphatic carbocycles. The monoisotopic (exact) mass is 390 g/mol. The Labute approximate surface area is 166 Å². The topological polar surface area (TPSA) is 73.6 Å². The quantitative estimate of drug-likeness (QED) is 0.552. The van der Waals surface area contributed by atoms with E-state index in [1.807, 2.05) is 42.5 Å². The highest BCUT2D eigenvalue weighted by atomic mass is 35.5. The van der Waals surface area contributed by atoms with Crippen LogP contribution in [0.3, 0.4) is 0 Å². The van der Waals surface area contributed by atoms with E-state index in [1.165, 1.54) is 11.1 Å². The summed E-state index contributed by atoms with van der Waals surface area (Å²) in [7, 11) is 1.63. The summed E-state index contributed by atoms with van der Waals surface area (Å²) in [5.41, 5.74) is 9.11. The first kappa shape index (κ1) is 20.9. The van der Waals surface area contributed by atoms with Crippen molar-refractivity contribution in [2.45, 2.75) is 38.1 Å². The van der Waals surface area contributed by atoms with E-state index in [1.54, 1.807) is 7.11 Å². The summed E-state index contributed by atoms with van der Waals surface area (Å²) in [4.78, 5) is 12.3. The standard InChI is InChI=1S/C21H26N2O3.ClH/c1-25-17-8-10-18(11-9-17)26-13-3-6-21(24)23-20-5-2-4-15-14-16(22)7-12-19(15)20;/h7-12,14,20H,2-6,13,22H2,1H3,(H,23,24);1H. The molecule has 2 aromatic carbocycles. The van der Waals surface area contributed by atoms with Crippen molar-refractivity contribution in [1.82, 2.24) is 5.32 Å². The van der Waals surface area contributed by atoms with Crippen molar-refractivity contribution in [3.8, 4) is 11.5 Å². The summed E-state index contributed by atoms with van der Waals surface area (Å²) in [6.45, 7) is 0.511. The van der Waals surface area contributed by atoms with E-state index >= 15 is 0 Å². The largest absolute Gasteiger partial charge is 0.497 e. The van der Waals surface area contributed by atoms with Crippen LogP contribution < -0.4 is 20.5 Å². The van der Waals surface area contributed by atoms with E-state index < -0.39 is 0 Å². The summed E-state index contributed by atoms with van der Waals surface area (Å²) < 4.78 is 10.8. The van der Waals surface area contributed by atoms with E-state index in [0.29, 0.717) is 19.4 Å². The van der Waals surface area contributed by atoms with Crippen molar-refractivity contribution in [1.29, 1.82) is 0 Å². The number of carbonyl (C=O) groups excluding carboxylic acids is 1. The second kappa shape index (κ2) is 10.1. The van der Waals surface area contributed by atoms with Gasteiger partial charge in [-0.05, 0) is 73.2 Å². The lowest BCUT2D eigenvalue weighted by molar-refractivity contribution is -0.122. The third kappa shape index (κ3) is 5.79. The molecule has 0 aromatic heterocycles. The lowest BCUT2D eigenvalue weighted by atomic mass is 9.87. The minimum Gasteiger partial charge on any atom is -0.497 e. The first-order chi connectivity index (χ1) is 12.7. The highest BCUT2D eigenvalue weighted by molar-refractivity contribution is 5.85. The van der Waals surface area contributed by atoms with Gasteiger partial charge in [-0.3, -0.25) is 4.79 Å². The van der Waals surface area contributed by atoms with Crippen LogP contribution in [0, 0.1) is 0 Å². The Hall–Kier alpha value is -2.40. The molecule has 0 saturated carbocycles. The van der Waals surface area contributed by atoms with Gasteiger partial charge < -0.3 is 20.5 Å². The van der Waals surface area contributed by atoms with Gasteiger partial charge in [-0.1, -0.05) is 6.07 Å². The maximum atomic E-state index is 12.3. The minimum absolute atomic E-state index is 0. The van der Waals surface area contributed by atoms with E-state index in [2.05, 4.69) is 5.32 Å². The average molecular weight is 391 g/mol. The van der Waals surface area contributed by atoms with Crippen molar-refractivity contribution in [2.75, 3.05) is 19.5 Å². The van der Waals surface area contributed by atoms with E-state index in [0.717, 1.165) is 36.4 Å². The zero-order valence-electron chi connectivity index (χ0n) is 15.6. The fraction of sp³-hybridized carbons (Fsp3) is 0.381. The first-order valence-corrected chi connectivity index (χ1v) is 9.10. The molecule has 1 amide bonds. The molecule has 1 atom stereocenters. The molecule has 0 heterocycles. The molecule has 5 nitrogen and oxygen atoms in total. The smallest absolute Gasteiger partial charge is 0.220 e. The van der Waals surface area contributed by atoms with Crippen LogP contribution in [0.1, 0.15) is 42.9 Å². The van der Waals surface area contributed by atoms with Gasteiger partial charge in [0.1, 0.15) is 11.5 Å². The number of nitrogens with two attached hydrogens (primary N) is 1. The zero-order chi connectivity index (χ0) is 18.4. The van der Waals surface area contributed by atoms with Crippen LogP contribution in [-0.2, 0) is 11.2 Å². The maximum absolute atomic E-state index is 12.3. The Morgan fingerprint density at radius 1 is 1.19 bits per heavy atom. The van der Waals surface area contributed by atoms with Gasteiger partial charge in [0.05, 0.1) is 19.8 Å². The third-order valence-corrected chi connectivity index (χ3v) is 4.69. The number of hydrogen-bond acceptors (Lipinski definition) is 4. The molecular formula is C21H27ClN2O3. The van der Waals surface area contributed by atoms with Crippen LogP contribution in [0.15, 0.2) is 42.5 Å². The van der Waals surface area contributed by atoms with Crippen molar-refractivity contribution in [2.24, 2.45) is 0 Å². The molecule has 1 unspecified atom stereocenters. The number of carbonyl (C=O) groups is 1. The Morgan fingerprint density at radius 3 is 2.67 bits per heavy atom. The number of methoxy groups -OCH3 is 1. The Bertz CT molecular complexity index is 750. The summed E-state index contributed by atoms with van der Waals surface area (Å²) >= 11 is 0. The Morgan fingerprint density at radius 2 is 1.93 bits per heavy atom. The number of amides is 1. The lowest BCUT2D eigenvalue weighted by Crippen LogP contribution is -2.31. The van der Waals surface area contributed by atoms with Gasteiger partial charge in [0.2, 0.25) is 5.91 Å². The number of anilines is 1. The Kier molecular flexibility index (Phi) is 7.80. The van der Waals surface area contributed by atoms with Gasteiger partial charge in [0.25, 0.3) is 0 Å². The fourth-order valence-electron chi connectivity index (χ4n) is 3.35. The molecule has 6 heteroatoms. The number of nitrogen functional groups attached to an aromatic ring is 1. The fourth-order valence-corrected chi connectivity index (χ4v) is 3.35. The molecule has 3 N–H and O–H groups in total. The van der Waals surface area contributed by atoms with Crippen LogP contribution in [0.4, 0.5) is 5.69 Å². The normalized spacial score (nSPS) is 15.2. The summed E-state index contributed by atoms with van der Waals surface area (Å²) in [6.07, 6.45) is 4.21. The minimum atomic E-state index is 0. The number of hydrogen-bond donors (Lipinski definition) is 2. The molecule has 0 aliphatic heterocycles. The van der Waals surface area contributed by atoms with E-state index in [4.69, 9.17) is 15.2 Å². The molecule has 0 radical (unpaired) electrons. The van der Waals surface area contributed by atoms with Crippen LogP contribution in [0.25, 0.3) is 0 Å². The number of rotatable bonds is 7. The van der Waals surface area contributed by atoms with Gasteiger partial charge in [0.15, 0.2) is 0 Å². The molecule has 0 fully saturated rings. The van der Waals surface area contributed by atoms with Crippen molar-refractivity contribution < 1.29 is 14.3 Å². The molecule has 1 aliphatic rings. The van der Waals surface area contributed by atoms with E-state index in [-0.39, 0.29) is 24.4 Å². The van der Waals surface area contributed by atoms with Gasteiger partial charge in [-0.2, -0.15) is 0 Å². The summed E-state index contributed by atoms with van der Waals surface area (Å²) in [6, 6.07) is 13.5. The van der Waals surface area contributed by atoms with Gasteiger partial charge in [-0.15, -0.1) is 12.4 Å². The number of fused-ring (bicyclic) bond motifs is 1. The second-order valence-electron chi connectivity index (χ2n) is 6.60. The predicted molar refractivity (Wildman–Crippen MR) is 110 cm³/mol. The molecular weight excluding hydrogens is 364 g/mol. The van der Waals surface area contributed by atoms with Crippen LogP contribution in [-0.4, -0.2) is 19.6 Å². The second-order valence-corrected chi connectivity index (χ2v) is 6.60. The summed E-state index contributed by atoms with van der Waals surface area (Å²) in [5.74, 6) is 1.65. The lowest BCUT2D eigenvalue weighted by Gasteiger charge is -2.26. The van der Waals surface area contributed by atoms with Gasteiger partial charge >= 0.3 is 0 Å². The number of halogens is 1. The third-order valence-electron chi connectivity index (χ3n) is 4.69. The Balaban J connectivity index is 0.00000261. The van der Waals surface area contributed by atoms with Crippen LogP contribution >= 0.6 is 12.4 Å². The molecule has 0 spiro atoms. The molecule has 27 heavy (non-hydrogen) atoms. The zero-order valence-corrected chi connectivity index (χ0v) is 16.4. The first-order valence-electron chi connectivity index (χ1n) is 9.10. The van der Waals surface area contributed by atoms with Crippen LogP contribution in [0.5, 0.6) is 11.5 Å². The molecule has 2 aromatic rings. The van der Waals surface area contributed by atoms with Crippen molar-refractivity contribution >= 4 is 24.0 Å². The number of ether oxygens (including phenoxy) is 2. The van der Waals surface area contributed by atoms with Gasteiger partial charge in [-0.25, -0.2) is 0 Å².